The van der Waals surface area contributed by atoms with E-state index in [0.717, 1.165) is 12.8 Å². The molecule has 1 saturated carbocycles. The Balaban J connectivity index is 0.000000471. The lowest BCUT2D eigenvalue weighted by Gasteiger charge is -2.20. The smallest absolute Gasteiger partial charge is 0.135 e. The summed E-state index contributed by atoms with van der Waals surface area (Å²) in [6, 6.07) is 17.8. The van der Waals surface area contributed by atoms with Gasteiger partial charge in [0.25, 0.3) is 0 Å². The number of carbonyl (C=O) groups is 1. The van der Waals surface area contributed by atoms with Crippen molar-refractivity contribution in [3.05, 3.63) is 70.8 Å². The molecule has 0 N–H and O–H groups in total. The number of hydrogen-bond donors (Lipinski definition) is 0. The highest BCUT2D eigenvalue weighted by atomic mass is 16.1. The third-order valence-corrected chi connectivity index (χ3v) is 6.47. The number of rotatable bonds is 5. The summed E-state index contributed by atoms with van der Waals surface area (Å²) in [5, 5.41) is 0. The molecular weight excluding hydrogens is 400 g/mol. The van der Waals surface area contributed by atoms with Crippen LogP contribution in [0, 0.1) is 12.3 Å². The Hall–Kier alpha value is -1.89. The zero-order valence-corrected chi connectivity index (χ0v) is 23.6. The molecule has 0 aromatic heterocycles. The molecule has 1 atom stereocenters. The minimum atomic E-state index is 0.111. The fraction of sp³-hybridized carbons (Fsp3) is 0.594. The van der Waals surface area contributed by atoms with Crippen LogP contribution in [0.1, 0.15) is 123 Å². The number of aryl methyl sites for hydroxylation is 2. The molecule has 186 valence electrons. The lowest BCUT2D eigenvalue weighted by Crippen LogP contribution is -2.10. The van der Waals surface area contributed by atoms with E-state index in [1.165, 1.54) is 41.5 Å². The van der Waals surface area contributed by atoms with Crippen molar-refractivity contribution in [2.75, 3.05) is 0 Å². The summed E-state index contributed by atoms with van der Waals surface area (Å²) in [7, 11) is 0. The first-order valence-corrected chi connectivity index (χ1v) is 13.1. The SMILES string of the molecule is CC.CC(=O)C1(C)CC1.CCC(C)c1ccc(C(C)(C)C)cc1.CCCc1ccc(C)cc1. The van der Waals surface area contributed by atoms with Gasteiger partial charge in [-0.1, -0.05) is 123 Å². The summed E-state index contributed by atoms with van der Waals surface area (Å²) in [6.45, 7) is 23.3. The quantitative estimate of drug-likeness (QED) is 0.441. The normalized spacial score (nSPS) is 14.3. The second-order valence-electron chi connectivity index (χ2n) is 10.5. The molecule has 0 amide bonds. The fourth-order valence-corrected chi connectivity index (χ4v) is 3.13. The summed E-state index contributed by atoms with van der Waals surface area (Å²) >= 11 is 0. The Bertz CT molecular complexity index is 771. The summed E-state index contributed by atoms with van der Waals surface area (Å²) in [6.07, 6.45) is 5.89. The molecule has 33 heavy (non-hydrogen) atoms. The Morgan fingerprint density at radius 3 is 1.73 bits per heavy atom. The third kappa shape index (κ3) is 12.2. The van der Waals surface area contributed by atoms with Crippen molar-refractivity contribution < 1.29 is 4.79 Å². The van der Waals surface area contributed by atoms with Gasteiger partial charge in [0.05, 0.1) is 0 Å². The van der Waals surface area contributed by atoms with Crippen molar-refractivity contribution in [2.24, 2.45) is 5.41 Å². The number of ketones is 1. The van der Waals surface area contributed by atoms with Crippen molar-refractivity contribution in [1.82, 2.24) is 0 Å². The maximum atomic E-state index is 10.5. The topological polar surface area (TPSA) is 17.1 Å². The van der Waals surface area contributed by atoms with Crippen LogP contribution in [0.5, 0.6) is 0 Å². The third-order valence-electron chi connectivity index (χ3n) is 6.47. The van der Waals surface area contributed by atoms with E-state index in [4.69, 9.17) is 0 Å². The van der Waals surface area contributed by atoms with E-state index in [0.29, 0.717) is 11.7 Å². The molecule has 1 fully saturated rings. The van der Waals surface area contributed by atoms with Crippen LogP contribution < -0.4 is 0 Å². The highest BCUT2D eigenvalue weighted by molar-refractivity contribution is 5.84. The first kappa shape index (κ1) is 31.1. The standard InChI is InChI=1S/C14H22.C10H14.C6H10O.C2H6/c1-6-11(2)12-7-9-13(10-8-12)14(3,4)5;1-3-4-10-7-5-9(2)6-8-10;1-5(7)6(2)3-4-6;1-2/h7-11H,6H2,1-5H3;5-8H,3-4H2,1-2H3;3-4H2,1-2H3;1-2H3. The van der Waals surface area contributed by atoms with Crippen molar-refractivity contribution in [3.8, 4) is 0 Å². The second-order valence-corrected chi connectivity index (χ2v) is 10.5. The average Bonchev–Trinajstić information content (AvgIpc) is 3.56. The summed E-state index contributed by atoms with van der Waals surface area (Å²) in [5.41, 5.74) is 6.06. The Labute approximate surface area is 206 Å². The Kier molecular flexibility index (Phi) is 14.2. The van der Waals surface area contributed by atoms with E-state index in [1.807, 2.05) is 20.8 Å². The van der Waals surface area contributed by atoms with Crippen LogP contribution in [0.3, 0.4) is 0 Å². The van der Waals surface area contributed by atoms with E-state index in [9.17, 15) is 4.79 Å². The van der Waals surface area contributed by atoms with Gasteiger partial charge in [-0.3, -0.25) is 4.79 Å². The molecule has 1 unspecified atom stereocenters. The summed E-state index contributed by atoms with van der Waals surface area (Å²) < 4.78 is 0. The van der Waals surface area contributed by atoms with Gasteiger partial charge < -0.3 is 0 Å². The number of hydrogen-bond acceptors (Lipinski definition) is 1. The van der Waals surface area contributed by atoms with Crippen LogP contribution in [0.4, 0.5) is 0 Å². The van der Waals surface area contributed by atoms with Crippen LogP contribution in [-0.2, 0) is 16.6 Å². The van der Waals surface area contributed by atoms with Crippen LogP contribution in [-0.4, -0.2) is 5.78 Å². The van der Waals surface area contributed by atoms with Gasteiger partial charge in [0, 0.05) is 5.41 Å². The molecule has 2 aromatic carbocycles. The van der Waals surface area contributed by atoms with Crippen molar-refractivity contribution in [2.45, 2.75) is 120 Å². The van der Waals surface area contributed by atoms with Gasteiger partial charge in [0.15, 0.2) is 0 Å². The van der Waals surface area contributed by atoms with E-state index in [-0.39, 0.29) is 10.8 Å². The molecule has 0 spiro atoms. The molecule has 1 heteroatoms. The van der Waals surface area contributed by atoms with E-state index < -0.39 is 0 Å². The molecule has 0 heterocycles. The van der Waals surface area contributed by atoms with Gasteiger partial charge in [-0.2, -0.15) is 0 Å². The lowest BCUT2D eigenvalue weighted by atomic mass is 9.85. The predicted octanol–water partition coefficient (Wildman–Crippen LogP) is 9.85. The first-order valence-electron chi connectivity index (χ1n) is 13.1. The Morgan fingerprint density at radius 2 is 1.42 bits per heavy atom. The minimum absolute atomic E-state index is 0.111. The minimum Gasteiger partial charge on any atom is -0.299 e. The predicted molar refractivity (Wildman–Crippen MR) is 148 cm³/mol. The van der Waals surface area contributed by atoms with Crippen molar-refractivity contribution in [1.29, 1.82) is 0 Å². The molecule has 0 aliphatic heterocycles. The Morgan fingerprint density at radius 1 is 0.939 bits per heavy atom. The van der Waals surface area contributed by atoms with Crippen molar-refractivity contribution >= 4 is 5.78 Å². The molecule has 0 saturated heterocycles. The van der Waals surface area contributed by atoms with Gasteiger partial charge in [-0.05, 0) is 67.6 Å². The average molecular weight is 453 g/mol. The lowest BCUT2D eigenvalue weighted by molar-refractivity contribution is -0.121. The summed E-state index contributed by atoms with van der Waals surface area (Å²) in [5.74, 6) is 1.04. The van der Waals surface area contributed by atoms with Gasteiger partial charge in [-0.15, -0.1) is 0 Å². The van der Waals surface area contributed by atoms with Crippen LogP contribution >= 0.6 is 0 Å². The molecule has 3 rings (SSSR count). The van der Waals surface area contributed by atoms with Crippen LogP contribution in [0.25, 0.3) is 0 Å². The highest BCUT2D eigenvalue weighted by Crippen LogP contribution is 2.45. The van der Waals surface area contributed by atoms with E-state index >= 15 is 0 Å². The number of carbonyl (C=O) groups excluding carboxylic acids is 1. The van der Waals surface area contributed by atoms with Gasteiger partial charge in [-0.25, -0.2) is 0 Å². The van der Waals surface area contributed by atoms with Gasteiger partial charge >= 0.3 is 0 Å². The van der Waals surface area contributed by atoms with Gasteiger partial charge in [0.2, 0.25) is 0 Å². The van der Waals surface area contributed by atoms with Crippen molar-refractivity contribution in [3.63, 3.8) is 0 Å². The zero-order chi connectivity index (χ0) is 25.7. The molecule has 1 aliphatic rings. The van der Waals surface area contributed by atoms with E-state index in [1.54, 1.807) is 6.92 Å². The molecule has 1 nitrogen and oxygen atoms in total. The first-order chi connectivity index (χ1) is 15.4. The fourth-order valence-electron chi connectivity index (χ4n) is 3.13. The van der Waals surface area contributed by atoms with Gasteiger partial charge in [0.1, 0.15) is 5.78 Å². The van der Waals surface area contributed by atoms with Crippen LogP contribution in [0.2, 0.25) is 0 Å². The number of benzene rings is 2. The molecular formula is C32H52O. The molecule has 0 bridgehead atoms. The molecule has 0 radical (unpaired) electrons. The molecule has 1 aliphatic carbocycles. The number of Topliss-reactive ketones (excluding diaryl/α,β-unsaturated/α-hetero) is 1. The van der Waals surface area contributed by atoms with E-state index in [2.05, 4.69) is 97.0 Å². The zero-order valence-electron chi connectivity index (χ0n) is 23.6. The molecule has 2 aromatic rings. The monoisotopic (exact) mass is 452 g/mol. The second kappa shape index (κ2) is 15.1. The maximum absolute atomic E-state index is 10.5. The maximum Gasteiger partial charge on any atom is 0.135 e. The summed E-state index contributed by atoms with van der Waals surface area (Å²) in [4.78, 5) is 10.5. The highest BCUT2D eigenvalue weighted by Gasteiger charge is 2.41. The largest absolute Gasteiger partial charge is 0.299 e. The van der Waals surface area contributed by atoms with Crippen LogP contribution in [0.15, 0.2) is 48.5 Å².